The molecule has 0 aliphatic heterocycles. The number of anilines is 1. The molecule has 1 aromatic heterocycles. The quantitative estimate of drug-likeness (QED) is 0.567. The van der Waals surface area contributed by atoms with Crippen LogP contribution in [0.1, 0.15) is 34.8 Å². The summed E-state index contributed by atoms with van der Waals surface area (Å²) in [5.41, 5.74) is 0.589. The molecule has 0 aliphatic carbocycles. The van der Waals surface area contributed by atoms with E-state index in [1.54, 1.807) is 18.2 Å². The number of amides is 1. The number of carbonyl (C=O) groups excluding carboxylic acids is 3. The first-order valence-electron chi connectivity index (χ1n) is 7.34. The minimum absolute atomic E-state index is 0.239. The van der Waals surface area contributed by atoms with Crippen LogP contribution in [0.4, 0.5) is 5.69 Å². The minimum atomic E-state index is -4.10. The summed E-state index contributed by atoms with van der Waals surface area (Å²) in [6, 6.07) is 8.43. The second-order valence-electron chi connectivity index (χ2n) is 5.30. The third-order valence-corrected chi connectivity index (χ3v) is 4.06. The number of sulfonamides is 1. The molecule has 3 N–H and O–H groups in total. The lowest BCUT2D eigenvalue weighted by Gasteiger charge is -2.14. The predicted molar refractivity (Wildman–Crippen MR) is 90.0 cm³/mol. The van der Waals surface area contributed by atoms with Crippen LogP contribution in [0.3, 0.4) is 0 Å². The van der Waals surface area contributed by atoms with Gasteiger partial charge in [0.25, 0.3) is 15.9 Å². The Morgan fingerprint density at radius 3 is 2.38 bits per heavy atom. The third-order valence-electron chi connectivity index (χ3n) is 3.28. The molecule has 0 saturated heterocycles. The standard InChI is InChI=1S/C16H16N2O7S/c1-9(19)11-5-3-4-6-12(11)18-15(20)10(2)24-16(21)13-7-8-14(25-13)26(17,22)23/h3-8,10H,1-2H3,(H,18,20)(H2,17,22,23). The zero-order chi connectivity index (χ0) is 19.5. The van der Waals surface area contributed by atoms with E-state index in [2.05, 4.69) is 5.32 Å². The number of rotatable bonds is 6. The number of Topliss-reactive ketones (excluding diaryl/α,β-unsaturated/α-hetero) is 1. The van der Waals surface area contributed by atoms with E-state index < -0.39 is 38.9 Å². The van der Waals surface area contributed by atoms with Gasteiger partial charge >= 0.3 is 5.97 Å². The van der Waals surface area contributed by atoms with Gasteiger partial charge in [0.05, 0.1) is 5.69 Å². The van der Waals surface area contributed by atoms with E-state index in [-0.39, 0.29) is 11.5 Å². The van der Waals surface area contributed by atoms with Crippen molar-refractivity contribution in [2.75, 3.05) is 5.32 Å². The summed E-state index contributed by atoms with van der Waals surface area (Å²) in [6.45, 7) is 2.67. The Kier molecular flexibility index (Phi) is 5.58. The van der Waals surface area contributed by atoms with Crippen LogP contribution in [0.25, 0.3) is 0 Å². The highest BCUT2D eigenvalue weighted by atomic mass is 32.2. The third kappa shape index (κ3) is 4.55. The number of primary sulfonamides is 1. The fourth-order valence-electron chi connectivity index (χ4n) is 1.99. The van der Waals surface area contributed by atoms with Crippen LogP contribution >= 0.6 is 0 Å². The second kappa shape index (κ2) is 7.50. The largest absolute Gasteiger partial charge is 0.447 e. The van der Waals surface area contributed by atoms with Crippen molar-refractivity contribution in [3.05, 3.63) is 47.7 Å². The maximum absolute atomic E-state index is 12.2. The fraction of sp³-hybridized carbons (Fsp3) is 0.188. The Hall–Kier alpha value is -2.98. The Bertz CT molecular complexity index is 962. The topological polar surface area (TPSA) is 146 Å². The normalized spacial score (nSPS) is 12.3. The van der Waals surface area contributed by atoms with Crippen molar-refractivity contribution in [2.24, 2.45) is 5.14 Å². The van der Waals surface area contributed by atoms with Crippen molar-refractivity contribution in [2.45, 2.75) is 25.0 Å². The zero-order valence-corrected chi connectivity index (χ0v) is 14.7. The van der Waals surface area contributed by atoms with Crippen molar-refractivity contribution in [1.29, 1.82) is 0 Å². The number of nitrogens with two attached hydrogens (primary N) is 1. The summed E-state index contributed by atoms with van der Waals surface area (Å²) >= 11 is 0. The van der Waals surface area contributed by atoms with Crippen molar-refractivity contribution < 1.29 is 32.0 Å². The maximum atomic E-state index is 12.2. The molecule has 1 heterocycles. The number of furan rings is 1. The molecular weight excluding hydrogens is 364 g/mol. The van der Waals surface area contributed by atoms with Gasteiger partial charge in [-0.05, 0) is 38.1 Å². The molecule has 0 aliphatic rings. The monoisotopic (exact) mass is 380 g/mol. The second-order valence-corrected chi connectivity index (χ2v) is 6.79. The fourth-order valence-corrected chi connectivity index (χ4v) is 2.45. The molecule has 26 heavy (non-hydrogen) atoms. The van der Waals surface area contributed by atoms with Gasteiger partial charge in [-0.1, -0.05) is 12.1 Å². The predicted octanol–water partition coefficient (Wildman–Crippen LogP) is 1.31. The number of para-hydroxylation sites is 1. The van der Waals surface area contributed by atoms with E-state index in [9.17, 15) is 22.8 Å². The summed E-state index contributed by atoms with van der Waals surface area (Å²) in [6.07, 6.45) is -1.23. The number of ketones is 1. The van der Waals surface area contributed by atoms with Crippen LogP contribution < -0.4 is 10.5 Å². The molecule has 0 radical (unpaired) electrons. The van der Waals surface area contributed by atoms with Crippen molar-refractivity contribution in [3.8, 4) is 0 Å². The van der Waals surface area contributed by atoms with E-state index in [0.717, 1.165) is 12.1 Å². The first-order chi connectivity index (χ1) is 12.1. The highest BCUT2D eigenvalue weighted by Gasteiger charge is 2.24. The Morgan fingerprint density at radius 2 is 1.81 bits per heavy atom. The van der Waals surface area contributed by atoms with Crippen LogP contribution in [0.5, 0.6) is 0 Å². The molecule has 2 aromatic rings. The lowest BCUT2D eigenvalue weighted by atomic mass is 10.1. The van der Waals surface area contributed by atoms with Gasteiger partial charge in [0.2, 0.25) is 10.9 Å². The molecule has 0 spiro atoms. The first-order valence-corrected chi connectivity index (χ1v) is 8.88. The molecule has 0 saturated carbocycles. The Balaban J connectivity index is 2.06. The zero-order valence-electron chi connectivity index (χ0n) is 13.9. The van der Waals surface area contributed by atoms with Crippen LogP contribution in [0.2, 0.25) is 0 Å². The molecule has 1 aromatic carbocycles. The van der Waals surface area contributed by atoms with Gasteiger partial charge < -0.3 is 14.5 Å². The number of nitrogens with one attached hydrogen (secondary N) is 1. The molecule has 2 rings (SSSR count). The molecule has 138 valence electrons. The molecule has 10 heteroatoms. The van der Waals surface area contributed by atoms with Crippen LogP contribution in [0.15, 0.2) is 45.9 Å². The van der Waals surface area contributed by atoms with Crippen molar-refractivity contribution >= 4 is 33.4 Å². The highest BCUT2D eigenvalue weighted by Crippen LogP contribution is 2.17. The average molecular weight is 380 g/mol. The number of carbonyl (C=O) groups is 3. The molecule has 1 unspecified atom stereocenters. The molecule has 1 atom stereocenters. The van der Waals surface area contributed by atoms with Gasteiger partial charge in [-0.3, -0.25) is 9.59 Å². The maximum Gasteiger partial charge on any atom is 0.375 e. The van der Waals surface area contributed by atoms with E-state index in [0.29, 0.717) is 5.56 Å². The highest BCUT2D eigenvalue weighted by molar-refractivity contribution is 7.89. The molecule has 9 nitrogen and oxygen atoms in total. The number of benzene rings is 1. The van der Waals surface area contributed by atoms with E-state index in [1.807, 2.05) is 0 Å². The van der Waals surface area contributed by atoms with Crippen molar-refractivity contribution in [3.63, 3.8) is 0 Å². The number of ether oxygens (including phenoxy) is 1. The first kappa shape index (κ1) is 19.3. The minimum Gasteiger partial charge on any atom is -0.447 e. The van der Waals surface area contributed by atoms with Gasteiger partial charge in [-0.2, -0.15) is 0 Å². The summed E-state index contributed by atoms with van der Waals surface area (Å²) in [5.74, 6) is -2.37. The van der Waals surface area contributed by atoms with E-state index in [4.69, 9.17) is 14.3 Å². The van der Waals surface area contributed by atoms with E-state index >= 15 is 0 Å². The Labute approximate surface area is 149 Å². The summed E-state index contributed by atoms with van der Waals surface area (Å²) in [7, 11) is -4.10. The van der Waals surface area contributed by atoms with Gasteiger partial charge in [-0.15, -0.1) is 0 Å². The molecular formula is C16H16N2O7S. The molecule has 0 bridgehead atoms. The summed E-state index contributed by atoms with van der Waals surface area (Å²) in [5, 5.41) is 6.77. The van der Waals surface area contributed by atoms with Crippen LogP contribution in [0, 0.1) is 0 Å². The lowest BCUT2D eigenvalue weighted by Crippen LogP contribution is -2.30. The molecule has 0 fully saturated rings. The van der Waals surface area contributed by atoms with Crippen LogP contribution in [-0.4, -0.2) is 32.2 Å². The van der Waals surface area contributed by atoms with Gasteiger partial charge in [0.15, 0.2) is 11.9 Å². The molecule has 1 amide bonds. The number of hydrogen-bond donors (Lipinski definition) is 2. The van der Waals surface area contributed by atoms with Crippen molar-refractivity contribution in [1.82, 2.24) is 0 Å². The average Bonchev–Trinajstić information content (AvgIpc) is 3.05. The number of hydrogen-bond acceptors (Lipinski definition) is 7. The number of esters is 1. The van der Waals surface area contributed by atoms with Crippen LogP contribution in [-0.2, 0) is 19.6 Å². The van der Waals surface area contributed by atoms with Gasteiger partial charge in [0, 0.05) is 5.56 Å². The smallest absolute Gasteiger partial charge is 0.375 e. The van der Waals surface area contributed by atoms with Gasteiger partial charge in [-0.25, -0.2) is 18.4 Å². The lowest BCUT2D eigenvalue weighted by molar-refractivity contribution is -0.123. The van der Waals surface area contributed by atoms with E-state index in [1.165, 1.54) is 19.9 Å². The summed E-state index contributed by atoms with van der Waals surface area (Å²) in [4.78, 5) is 35.7. The Morgan fingerprint density at radius 1 is 1.15 bits per heavy atom. The van der Waals surface area contributed by atoms with Gasteiger partial charge in [0.1, 0.15) is 0 Å². The SMILES string of the molecule is CC(=O)c1ccccc1NC(=O)C(C)OC(=O)c1ccc(S(N)(=O)=O)o1. The summed E-state index contributed by atoms with van der Waals surface area (Å²) < 4.78 is 32.0.